The fourth-order valence-corrected chi connectivity index (χ4v) is 3.03. The number of aromatic nitrogens is 3. The molecule has 6 nitrogen and oxygen atoms in total. The Morgan fingerprint density at radius 1 is 1.53 bits per heavy atom. The maximum absolute atomic E-state index is 11.4. The van der Waals surface area contributed by atoms with E-state index in [2.05, 4.69) is 10.1 Å². The summed E-state index contributed by atoms with van der Waals surface area (Å²) in [6.07, 6.45) is 3.43. The van der Waals surface area contributed by atoms with Crippen LogP contribution in [0.1, 0.15) is 34.1 Å². The van der Waals surface area contributed by atoms with Gasteiger partial charge in [-0.05, 0) is 18.8 Å². The molecule has 2 aromatic heterocycles. The van der Waals surface area contributed by atoms with Crippen LogP contribution >= 0.6 is 0 Å². The van der Waals surface area contributed by atoms with Crippen LogP contribution in [0.15, 0.2) is 23.1 Å². The lowest BCUT2D eigenvalue weighted by Gasteiger charge is -2.05. The van der Waals surface area contributed by atoms with Gasteiger partial charge in [-0.25, -0.2) is 9.48 Å². The predicted octanol–water partition coefficient (Wildman–Crippen LogP) is 0.918. The fourth-order valence-electron chi connectivity index (χ4n) is 3.03. The van der Waals surface area contributed by atoms with Crippen molar-refractivity contribution in [3.63, 3.8) is 0 Å². The molecule has 2 atom stereocenters. The summed E-state index contributed by atoms with van der Waals surface area (Å²) in [5.41, 5.74) is 1.79. The number of fused-ring (bicyclic) bond motifs is 3. The number of nitrogens with zero attached hydrogens (tertiary/aromatic N) is 2. The summed E-state index contributed by atoms with van der Waals surface area (Å²) >= 11 is 0. The summed E-state index contributed by atoms with van der Waals surface area (Å²) < 4.78 is 1.60. The third-order valence-electron chi connectivity index (χ3n) is 3.95. The molecular weight excluding hydrogens is 246 g/mol. The van der Waals surface area contributed by atoms with E-state index < -0.39 is 5.97 Å². The molecule has 0 spiro atoms. The highest BCUT2D eigenvalue weighted by Crippen LogP contribution is 2.57. The number of hydrogen-bond donors (Lipinski definition) is 2. The van der Waals surface area contributed by atoms with E-state index in [4.69, 9.17) is 0 Å². The minimum absolute atomic E-state index is 0.118. The quantitative estimate of drug-likeness (QED) is 0.837. The van der Waals surface area contributed by atoms with Crippen molar-refractivity contribution < 1.29 is 9.90 Å². The van der Waals surface area contributed by atoms with Gasteiger partial charge in [-0.1, -0.05) is 0 Å². The number of hydrogen-bond acceptors (Lipinski definition) is 3. The van der Waals surface area contributed by atoms with Crippen LogP contribution < -0.4 is 5.43 Å². The van der Waals surface area contributed by atoms with Crippen molar-refractivity contribution in [3.05, 3.63) is 45.5 Å². The van der Waals surface area contributed by atoms with Gasteiger partial charge in [-0.3, -0.25) is 4.79 Å². The molecule has 96 valence electrons. The number of nitrogens with one attached hydrogen (secondary N) is 1. The van der Waals surface area contributed by atoms with Crippen LogP contribution in [0.3, 0.4) is 0 Å². The largest absolute Gasteiger partial charge is 0.476 e. The van der Waals surface area contributed by atoms with Crippen LogP contribution in [0, 0.1) is 5.92 Å². The van der Waals surface area contributed by atoms with E-state index >= 15 is 0 Å². The molecule has 0 radical (unpaired) electrons. The first-order chi connectivity index (χ1) is 9.15. The van der Waals surface area contributed by atoms with Crippen molar-refractivity contribution in [3.8, 4) is 5.82 Å². The second-order valence-electron chi connectivity index (χ2n) is 5.15. The minimum Gasteiger partial charge on any atom is -0.476 e. The summed E-state index contributed by atoms with van der Waals surface area (Å²) in [7, 11) is 0. The molecule has 2 aliphatic carbocycles. The van der Waals surface area contributed by atoms with Crippen molar-refractivity contribution in [1.29, 1.82) is 0 Å². The standard InChI is InChI=1S/C13H11N3O3/c17-7-1-2-14-10(5-7)16-12-8-3-6(8)4-9(12)11(15-16)13(18)19/h1-2,5-6,8H,3-4H2,(H,14,17)(H,18,19)/t6-,8-/m1/s1. The smallest absolute Gasteiger partial charge is 0.356 e. The fraction of sp³-hybridized carbons (Fsp3) is 0.308. The number of carboxylic acids is 1. The van der Waals surface area contributed by atoms with Gasteiger partial charge in [0.25, 0.3) is 0 Å². The Labute approximate surface area is 107 Å². The number of rotatable bonds is 2. The highest BCUT2D eigenvalue weighted by atomic mass is 16.4. The molecule has 1 saturated carbocycles. The molecular formula is C13H11N3O3. The third kappa shape index (κ3) is 1.39. The maximum atomic E-state index is 11.4. The van der Waals surface area contributed by atoms with E-state index in [0.29, 0.717) is 17.7 Å². The van der Waals surface area contributed by atoms with Gasteiger partial charge in [-0.2, -0.15) is 5.10 Å². The van der Waals surface area contributed by atoms with Gasteiger partial charge in [0.2, 0.25) is 0 Å². The molecule has 0 unspecified atom stereocenters. The Kier molecular flexibility index (Phi) is 1.86. The average molecular weight is 257 g/mol. The highest BCUT2D eigenvalue weighted by molar-refractivity contribution is 5.88. The Bertz CT molecular complexity index is 759. The van der Waals surface area contributed by atoms with Crippen LogP contribution in [0.5, 0.6) is 0 Å². The van der Waals surface area contributed by atoms with Crippen LogP contribution in [0.25, 0.3) is 5.82 Å². The normalized spacial score (nSPS) is 22.9. The molecule has 19 heavy (non-hydrogen) atoms. The molecule has 2 aromatic rings. The lowest BCUT2D eigenvalue weighted by atomic mass is 10.1. The first-order valence-electron chi connectivity index (χ1n) is 6.19. The van der Waals surface area contributed by atoms with Crippen LogP contribution in [-0.2, 0) is 6.42 Å². The molecule has 2 aliphatic rings. The lowest BCUT2D eigenvalue weighted by molar-refractivity contribution is 0.0688. The SMILES string of the molecule is O=C(O)c1nn(-c2cc(=O)cc[nH]2)c2c1C[C@H]1C[C@@H]21. The highest BCUT2D eigenvalue weighted by Gasteiger charge is 2.50. The zero-order valence-corrected chi connectivity index (χ0v) is 9.96. The molecule has 1 fully saturated rings. The summed E-state index contributed by atoms with van der Waals surface area (Å²) in [5.74, 6) is 0.491. The van der Waals surface area contributed by atoms with Crippen molar-refractivity contribution in [2.24, 2.45) is 5.92 Å². The van der Waals surface area contributed by atoms with E-state index in [-0.39, 0.29) is 11.1 Å². The Balaban J connectivity index is 1.96. The zero-order chi connectivity index (χ0) is 13.1. The van der Waals surface area contributed by atoms with Crippen LogP contribution in [0.4, 0.5) is 0 Å². The summed E-state index contributed by atoms with van der Waals surface area (Å²) in [6.45, 7) is 0. The molecule has 4 rings (SSSR count). The Morgan fingerprint density at radius 3 is 3.11 bits per heavy atom. The van der Waals surface area contributed by atoms with E-state index in [1.807, 2.05) is 0 Å². The number of aromatic amines is 1. The monoisotopic (exact) mass is 257 g/mol. The van der Waals surface area contributed by atoms with Crippen LogP contribution in [-0.4, -0.2) is 25.8 Å². The maximum Gasteiger partial charge on any atom is 0.356 e. The molecule has 0 bridgehead atoms. The van der Waals surface area contributed by atoms with E-state index in [1.54, 1.807) is 10.9 Å². The van der Waals surface area contributed by atoms with Gasteiger partial charge in [0.15, 0.2) is 11.1 Å². The van der Waals surface area contributed by atoms with Gasteiger partial charge >= 0.3 is 5.97 Å². The van der Waals surface area contributed by atoms with Gasteiger partial charge in [-0.15, -0.1) is 0 Å². The van der Waals surface area contributed by atoms with Crippen molar-refractivity contribution in [1.82, 2.24) is 14.8 Å². The number of aromatic carboxylic acids is 1. The third-order valence-corrected chi connectivity index (χ3v) is 3.95. The first kappa shape index (κ1) is 10.5. The summed E-state index contributed by atoms with van der Waals surface area (Å²) in [5, 5.41) is 13.4. The van der Waals surface area contributed by atoms with E-state index in [1.165, 1.54) is 12.1 Å². The average Bonchev–Trinajstić information content (AvgIpc) is 2.87. The predicted molar refractivity (Wildman–Crippen MR) is 65.7 cm³/mol. The van der Waals surface area contributed by atoms with Crippen molar-refractivity contribution in [2.75, 3.05) is 0 Å². The summed E-state index contributed by atoms with van der Waals surface area (Å²) in [6, 6.07) is 2.86. The van der Waals surface area contributed by atoms with Gasteiger partial charge < -0.3 is 10.1 Å². The van der Waals surface area contributed by atoms with E-state index in [0.717, 1.165) is 24.1 Å². The molecule has 2 heterocycles. The zero-order valence-electron chi connectivity index (χ0n) is 9.96. The molecule has 0 aromatic carbocycles. The lowest BCUT2D eigenvalue weighted by Crippen LogP contribution is -2.09. The number of carbonyl (C=O) groups is 1. The summed E-state index contributed by atoms with van der Waals surface area (Å²) in [4.78, 5) is 25.6. The number of pyridine rings is 1. The number of H-pyrrole nitrogens is 1. The van der Waals surface area contributed by atoms with Crippen LogP contribution in [0.2, 0.25) is 0 Å². The molecule has 2 N–H and O–H groups in total. The molecule has 6 heteroatoms. The van der Waals surface area contributed by atoms with Crippen molar-refractivity contribution in [2.45, 2.75) is 18.8 Å². The minimum atomic E-state index is -1.01. The second kappa shape index (κ2) is 3.34. The molecule has 0 aliphatic heterocycles. The first-order valence-corrected chi connectivity index (χ1v) is 6.19. The molecule has 0 amide bonds. The van der Waals surface area contributed by atoms with E-state index in [9.17, 15) is 14.7 Å². The second-order valence-corrected chi connectivity index (χ2v) is 5.15. The Hall–Kier alpha value is -2.37. The Morgan fingerprint density at radius 2 is 2.37 bits per heavy atom. The van der Waals surface area contributed by atoms with Gasteiger partial charge in [0.1, 0.15) is 5.82 Å². The van der Waals surface area contributed by atoms with Gasteiger partial charge in [0, 0.05) is 29.8 Å². The van der Waals surface area contributed by atoms with Crippen molar-refractivity contribution >= 4 is 5.97 Å². The molecule has 0 saturated heterocycles. The topological polar surface area (TPSA) is 88.0 Å². The van der Waals surface area contributed by atoms with Gasteiger partial charge in [0.05, 0.1) is 5.69 Å². The number of carboxylic acid groups (broad SMARTS) is 1.